The SMILES string of the molecule is CC(=O)NC(CNc1ccc(C)cc1)C(=O)O. The van der Waals surface area contributed by atoms with Gasteiger partial charge in [0.15, 0.2) is 0 Å². The molecule has 1 aromatic carbocycles. The summed E-state index contributed by atoms with van der Waals surface area (Å²) in [6, 6.07) is 6.66. The maximum absolute atomic E-state index is 10.9. The highest BCUT2D eigenvalue weighted by Crippen LogP contribution is 2.08. The molecule has 0 spiro atoms. The summed E-state index contributed by atoms with van der Waals surface area (Å²) < 4.78 is 0. The Labute approximate surface area is 99.8 Å². The summed E-state index contributed by atoms with van der Waals surface area (Å²) in [6.07, 6.45) is 0. The summed E-state index contributed by atoms with van der Waals surface area (Å²) >= 11 is 0. The number of benzene rings is 1. The van der Waals surface area contributed by atoms with Gasteiger partial charge in [-0.05, 0) is 19.1 Å². The van der Waals surface area contributed by atoms with Gasteiger partial charge >= 0.3 is 5.97 Å². The van der Waals surface area contributed by atoms with Gasteiger partial charge in [0.05, 0.1) is 0 Å². The molecule has 0 aliphatic carbocycles. The minimum atomic E-state index is -1.06. The fourth-order valence-electron chi connectivity index (χ4n) is 1.34. The second-order valence-electron chi connectivity index (χ2n) is 3.84. The van der Waals surface area contributed by atoms with E-state index >= 15 is 0 Å². The van der Waals surface area contributed by atoms with Crippen LogP contribution in [0.4, 0.5) is 5.69 Å². The van der Waals surface area contributed by atoms with Crippen LogP contribution in [0, 0.1) is 6.92 Å². The molecule has 1 rings (SSSR count). The van der Waals surface area contributed by atoms with Crippen molar-refractivity contribution in [2.75, 3.05) is 11.9 Å². The van der Waals surface area contributed by atoms with E-state index in [2.05, 4.69) is 10.6 Å². The third-order valence-corrected chi connectivity index (χ3v) is 2.24. The van der Waals surface area contributed by atoms with Gasteiger partial charge in [0.1, 0.15) is 6.04 Å². The van der Waals surface area contributed by atoms with Crippen LogP contribution in [0.5, 0.6) is 0 Å². The Morgan fingerprint density at radius 1 is 1.29 bits per heavy atom. The van der Waals surface area contributed by atoms with Crippen molar-refractivity contribution in [3.8, 4) is 0 Å². The quantitative estimate of drug-likeness (QED) is 0.712. The van der Waals surface area contributed by atoms with Crippen LogP contribution in [0.15, 0.2) is 24.3 Å². The summed E-state index contributed by atoms with van der Waals surface area (Å²) in [5.41, 5.74) is 1.96. The molecular formula is C12H16N2O3. The zero-order valence-electron chi connectivity index (χ0n) is 9.86. The number of nitrogens with one attached hydrogen (secondary N) is 2. The van der Waals surface area contributed by atoms with E-state index in [1.54, 1.807) is 0 Å². The maximum Gasteiger partial charge on any atom is 0.328 e. The van der Waals surface area contributed by atoms with Crippen molar-refractivity contribution < 1.29 is 14.7 Å². The Morgan fingerprint density at radius 2 is 1.88 bits per heavy atom. The molecule has 0 saturated heterocycles. The van der Waals surface area contributed by atoms with Crippen molar-refractivity contribution in [3.05, 3.63) is 29.8 Å². The standard InChI is InChI=1S/C12H16N2O3/c1-8-3-5-10(6-4-8)13-7-11(12(16)17)14-9(2)15/h3-6,11,13H,7H2,1-2H3,(H,14,15)(H,16,17). The van der Waals surface area contributed by atoms with Crippen molar-refractivity contribution >= 4 is 17.6 Å². The number of hydrogen-bond donors (Lipinski definition) is 3. The topological polar surface area (TPSA) is 78.4 Å². The molecule has 17 heavy (non-hydrogen) atoms. The average molecular weight is 236 g/mol. The lowest BCUT2D eigenvalue weighted by molar-refractivity contribution is -0.141. The van der Waals surface area contributed by atoms with Crippen LogP contribution in [0.25, 0.3) is 0 Å². The van der Waals surface area contributed by atoms with E-state index in [0.717, 1.165) is 11.3 Å². The zero-order chi connectivity index (χ0) is 12.8. The Kier molecular flexibility index (Phi) is 4.51. The monoisotopic (exact) mass is 236 g/mol. The fourth-order valence-corrected chi connectivity index (χ4v) is 1.34. The van der Waals surface area contributed by atoms with Crippen LogP contribution in [0.3, 0.4) is 0 Å². The number of carbonyl (C=O) groups is 2. The molecule has 5 nitrogen and oxygen atoms in total. The zero-order valence-corrected chi connectivity index (χ0v) is 9.86. The molecule has 0 aliphatic heterocycles. The first-order chi connectivity index (χ1) is 7.99. The van der Waals surface area contributed by atoms with E-state index in [-0.39, 0.29) is 12.5 Å². The minimum Gasteiger partial charge on any atom is -0.480 e. The minimum absolute atomic E-state index is 0.151. The van der Waals surface area contributed by atoms with Gasteiger partial charge in [-0.15, -0.1) is 0 Å². The average Bonchev–Trinajstić information content (AvgIpc) is 2.25. The number of hydrogen-bond acceptors (Lipinski definition) is 3. The number of aryl methyl sites for hydroxylation is 1. The predicted molar refractivity (Wildman–Crippen MR) is 64.9 cm³/mol. The maximum atomic E-state index is 10.9. The van der Waals surface area contributed by atoms with Gasteiger partial charge in [-0.3, -0.25) is 4.79 Å². The fraction of sp³-hybridized carbons (Fsp3) is 0.333. The first-order valence-corrected chi connectivity index (χ1v) is 5.29. The second kappa shape index (κ2) is 5.89. The molecule has 0 bridgehead atoms. The first kappa shape index (κ1) is 13.0. The van der Waals surface area contributed by atoms with E-state index in [1.807, 2.05) is 31.2 Å². The smallest absolute Gasteiger partial charge is 0.328 e. The van der Waals surface area contributed by atoms with E-state index < -0.39 is 12.0 Å². The molecule has 92 valence electrons. The normalized spacial score (nSPS) is 11.6. The molecule has 5 heteroatoms. The Morgan fingerprint density at radius 3 is 2.35 bits per heavy atom. The molecule has 1 unspecified atom stereocenters. The molecule has 0 aromatic heterocycles. The largest absolute Gasteiger partial charge is 0.480 e. The molecule has 0 fully saturated rings. The number of aliphatic carboxylic acids is 1. The molecule has 0 heterocycles. The van der Waals surface area contributed by atoms with Crippen molar-refractivity contribution in [3.63, 3.8) is 0 Å². The lowest BCUT2D eigenvalue weighted by Gasteiger charge is -2.14. The van der Waals surface area contributed by atoms with Crippen LogP contribution >= 0.6 is 0 Å². The van der Waals surface area contributed by atoms with Crippen LogP contribution in [-0.4, -0.2) is 29.6 Å². The van der Waals surface area contributed by atoms with Crippen LogP contribution < -0.4 is 10.6 Å². The van der Waals surface area contributed by atoms with Gasteiger partial charge in [0.2, 0.25) is 5.91 Å². The Bertz CT molecular complexity index is 401. The summed E-state index contributed by atoms with van der Waals surface area (Å²) in [5.74, 6) is -1.41. The van der Waals surface area contributed by atoms with Crippen molar-refractivity contribution in [1.29, 1.82) is 0 Å². The van der Waals surface area contributed by atoms with Gasteiger partial charge in [-0.1, -0.05) is 17.7 Å². The van der Waals surface area contributed by atoms with Gasteiger partial charge in [0, 0.05) is 19.2 Å². The van der Waals surface area contributed by atoms with Crippen molar-refractivity contribution in [2.45, 2.75) is 19.9 Å². The third kappa shape index (κ3) is 4.55. The number of amides is 1. The molecule has 0 saturated carbocycles. The predicted octanol–water partition coefficient (Wildman–Crippen LogP) is 0.996. The van der Waals surface area contributed by atoms with E-state index in [9.17, 15) is 9.59 Å². The number of anilines is 1. The summed E-state index contributed by atoms with van der Waals surface area (Å²) in [5, 5.41) is 14.2. The van der Waals surface area contributed by atoms with Gasteiger partial charge < -0.3 is 15.7 Å². The molecule has 0 radical (unpaired) electrons. The molecular weight excluding hydrogens is 220 g/mol. The third-order valence-electron chi connectivity index (χ3n) is 2.24. The van der Waals surface area contributed by atoms with E-state index in [4.69, 9.17) is 5.11 Å². The van der Waals surface area contributed by atoms with E-state index in [1.165, 1.54) is 6.92 Å². The molecule has 1 atom stereocenters. The Hall–Kier alpha value is -2.04. The lowest BCUT2D eigenvalue weighted by Crippen LogP contribution is -2.44. The number of carboxylic acid groups (broad SMARTS) is 1. The second-order valence-corrected chi connectivity index (χ2v) is 3.84. The lowest BCUT2D eigenvalue weighted by atomic mass is 10.2. The van der Waals surface area contributed by atoms with E-state index in [0.29, 0.717) is 0 Å². The number of carbonyl (C=O) groups excluding carboxylic acids is 1. The van der Waals surface area contributed by atoms with Gasteiger partial charge in [-0.2, -0.15) is 0 Å². The molecule has 1 amide bonds. The van der Waals surface area contributed by atoms with Crippen LogP contribution in [0.2, 0.25) is 0 Å². The highest BCUT2D eigenvalue weighted by molar-refractivity contribution is 5.82. The summed E-state index contributed by atoms with van der Waals surface area (Å²) in [6.45, 7) is 3.42. The highest BCUT2D eigenvalue weighted by atomic mass is 16.4. The molecule has 1 aromatic rings. The summed E-state index contributed by atoms with van der Waals surface area (Å²) in [7, 11) is 0. The number of rotatable bonds is 5. The molecule has 0 aliphatic rings. The highest BCUT2D eigenvalue weighted by Gasteiger charge is 2.17. The molecule has 3 N–H and O–H groups in total. The van der Waals surface area contributed by atoms with Crippen molar-refractivity contribution in [2.24, 2.45) is 0 Å². The van der Waals surface area contributed by atoms with Crippen molar-refractivity contribution in [1.82, 2.24) is 5.32 Å². The first-order valence-electron chi connectivity index (χ1n) is 5.29. The van der Waals surface area contributed by atoms with Crippen LogP contribution in [-0.2, 0) is 9.59 Å². The van der Waals surface area contributed by atoms with Gasteiger partial charge in [-0.25, -0.2) is 4.79 Å². The Balaban J connectivity index is 2.54. The summed E-state index contributed by atoms with van der Waals surface area (Å²) in [4.78, 5) is 21.7. The number of carboxylic acids is 1. The van der Waals surface area contributed by atoms with Crippen LogP contribution in [0.1, 0.15) is 12.5 Å². The van der Waals surface area contributed by atoms with Gasteiger partial charge in [0.25, 0.3) is 0 Å².